The Labute approximate surface area is 56.2 Å². The van der Waals surface area contributed by atoms with Gasteiger partial charge in [-0.15, -0.1) is 0 Å². The zero-order chi connectivity index (χ0) is 7.78. The highest BCUT2D eigenvalue weighted by Crippen LogP contribution is 2.30. The van der Waals surface area contributed by atoms with Crippen LogP contribution in [-0.2, 0) is 0 Å². The smallest absolute Gasteiger partial charge is 0.313 e. The molecule has 1 fully saturated rings. The molecule has 5 heteroatoms. The summed E-state index contributed by atoms with van der Waals surface area (Å²) in [5.41, 5.74) is 0. The maximum atomic E-state index is 11.8. The van der Waals surface area contributed by atoms with Gasteiger partial charge in [0.2, 0.25) is 0 Å². The van der Waals surface area contributed by atoms with Gasteiger partial charge in [-0.2, -0.15) is 18.2 Å². The van der Waals surface area contributed by atoms with Crippen molar-refractivity contribution in [3.05, 3.63) is 0 Å². The van der Waals surface area contributed by atoms with E-state index in [2.05, 4.69) is 0 Å². The lowest BCUT2D eigenvalue weighted by molar-refractivity contribution is -0.236. The summed E-state index contributed by atoms with van der Waals surface area (Å²) in [7, 11) is 0. The van der Waals surface area contributed by atoms with E-state index in [1.165, 1.54) is 0 Å². The fraction of sp³-hybridized carbons (Fsp3) is 1.00. The molecular formula is C5H8F3NO. The number of halogens is 3. The van der Waals surface area contributed by atoms with Crippen molar-refractivity contribution < 1.29 is 18.4 Å². The van der Waals surface area contributed by atoms with Crippen molar-refractivity contribution in [1.82, 2.24) is 5.06 Å². The van der Waals surface area contributed by atoms with Gasteiger partial charge in [0.1, 0.15) is 6.04 Å². The Hall–Kier alpha value is -0.290. The topological polar surface area (TPSA) is 23.5 Å². The Morgan fingerprint density at radius 2 is 2.00 bits per heavy atom. The summed E-state index contributed by atoms with van der Waals surface area (Å²) in [6.07, 6.45) is -3.84. The Kier molecular flexibility index (Phi) is 1.87. The van der Waals surface area contributed by atoms with Gasteiger partial charge in [-0.3, -0.25) is 0 Å². The number of hydroxylamine groups is 2. The molecule has 1 heterocycles. The van der Waals surface area contributed by atoms with Crippen LogP contribution in [0.4, 0.5) is 13.2 Å². The molecule has 1 N–H and O–H groups in total. The molecule has 1 rings (SSSR count). The fourth-order valence-electron chi connectivity index (χ4n) is 1.08. The van der Waals surface area contributed by atoms with Gasteiger partial charge in [0, 0.05) is 6.54 Å². The van der Waals surface area contributed by atoms with E-state index in [0.29, 0.717) is 11.5 Å². The normalized spacial score (nSPS) is 29.4. The van der Waals surface area contributed by atoms with Crippen LogP contribution in [0.3, 0.4) is 0 Å². The predicted octanol–water partition coefficient (Wildman–Crippen LogP) is 1.40. The van der Waals surface area contributed by atoms with Crippen molar-refractivity contribution in [2.45, 2.75) is 25.1 Å². The monoisotopic (exact) mass is 155 g/mol. The second-order valence-corrected chi connectivity index (χ2v) is 2.36. The van der Waals surface area contributed by atoms with Gasteiger partial charge in [0.05, 0.1) is 0 Å². The predicted molar refractivity (Wildman–Crippen MR) is 27.6 cm³/mol. The Morgan fingerprint density at radius 1 is 1.40 bits per heavy atom. The zero-order valence-corrected chi connectivity index (χ0v) is 5.23. The Balaban J connectivity index is 2.55. The molecule has 60 valence electrons. The SMILES string of the molecule is ON1CCCC1C(F)(F)F. The third-order valence-corrected chi connectivity index (χ3v) is 1.60. The number of nitrogens with zero attached hydrogens (tertiary/aromatic N) is 1. The van der Waals surface area contributed by atoms with Gasteiger partial charge in [-0.05, 0) is 12.8 Å². The molecule has 1 aliphatic heterocycles. The zero-order valence-electron chi connectivity index (χ0n) is 5.23. The van der Waals surface area contributed by atoms with Crippen molar-refractivity contribution in [2.75, 3.05) is 6.54 Å². The van der Waals surface area contributed by atoms with Crippen molar-refractivity contribution in [1.29, 1.82) is 0 Å². The van der Waals surface area contributed by atoms with Crippen LogP contribution in [0, 0.1) is 0 Å². The standard InChI is InChI=1S/C5H8F3NO/c6-5(7,8)4-2-1-3-9(4)10/h4,10H,1-3H2. The minimum absolute atomic E-state index is 0.0139. The summed E-state index contributed by atoms with van der Waals surface area (Å²) < 4.78 is 35.4. The first kappa shape index (κ1) is 7.81. The second-order valence-electron chi connectivity index (χ2n) is 2.36. The maximum absolute atomic E-state index is 11.8. The average Bonchev–Trinajstić information content (AvgIpc) is 2.11. The van der Waals surface area contributed by atoms with Crippen LogP contribution in [0.1, 0.15) is 12.8 Å². The molecule has 0 saturated carbocycles. The first-order chi connectivity index (χ1) is 4.52. The van der Waals surface area contributed by atoms with E-state index in [-0.39, 0.29) is 13.0 Å². The highest BCUT2D eigenvalue weighted by Gasteiger charge is 2.45. The molecule has 0 amide bonds. The average molecular weight is 155 g/mol. The van der Waals surface area contributed by atoms with E-state index in [4.69, 9.17) is 5.21 Å². The number of rotatable bonds is 0. The van der Waals surface area contributed by atoms with Crippen LogP contribution in [0.25, 0.3) is 0 Å². The van der Waals surface area contributed by atoms with Gasteiger partial charge >= 0.3 is 6.18 Å². The summed E-state index contributed by atoms with van der Waals surface area (Å²) in [5.74, 6) is 0. The molecule has 0 aromatic rings. The van der Waals surface area contributed by atoms with Crippen molar-refractivity contribution in [2.24, 2.45) is 0 Å². The first-order valence-electron chi connectivity index (χ1n) is 3.04. The summed E-state index contributed by atoms with van der Waals surface area (Å²) in [6.45, 7) is 0.129. The first-order valence-corrected chi connectivity index (χ1v) is 3.04. The molecular weight excluding hydrogens is 147 g/mol. The van der Waals surface area contributed by atoms with E-state index in [1.54, 1.807) is 0 Å². The van der Waals surface area contributed by atoms with Gasteiger partial charge in [-0.25, -0.2) is 0 Å². The van der Waals surface area contributed by atoms with Crippen molar-refractivity contribution in [3.8, 4) is 0 Å². The van der Waals surface area contributed by atoms with Crippen molar-refractivity contribution in [3.63, 3.8) is 0 Å². The van der Waals surface area contributed by atoms with Crippen LogP contribution in [0.15, 0.2) is 0 Å². The van der Waals surface area contributed by atoms with E-state index in [0.717, 1.165) is 0 Å². The second kappa shape index (κ2) is 2.39. The molecule has 0 aromatic carbocycles. The summed E-state index contributed by atoms with van der Waals surface area (Å²) in [5, 5.41) is 9.00. The van der Waals surface area contributed by atoms with E-state index >= 15 is 0 Å². The van der Waals surface area contributed by atoms with Crippen LogP contribution < -0.4 is 0 Å². The minimum atomic E-state index is -4.27. The fourth-order valence-corrected chi connectivity index (χ4v) is 1.08. The van der Waals surface area contributed by atoms with Gasteiger partial charge in [-0.1, -0.05) is 0 Å². The quantitative estimate of drug-likeness (QED) is 0.571. The molecule has 1 unspecified atom stereocenters. The van der Waals surface area contributed by atoms with E-state index in [1.807, 2.05) is 0 Å². The number of alkyl halides is 3. The van der Waals surface area contributed by atoms with Gasteiger partial charge < -0.3 is 5.21 Å². The molecule has 0 aromatic heterocycles. The van der Waals surface area contributed by atoms with Crippen LogP contribution in [-0.4, -0.2) is 29.0 Å². The maximum Gasteiger partial charge on any atom is 0.406 e. The van der Waals surface area contributed by atoms with E-state index < -0.39 is 12.2 Å². The van der Waals surface area contributed by atoms with Crippen molar-refractivity contribution >= 4 is 0 Å². The lowest BCUT2D eigenvalue weighted by Crippen LogP contribution is -2.38. The molecule has 0 radical (unpaired) electrons. The Morgan fingerprint density at radius 3 is 2.20 bits per heavy atom. The molecule has 1 atom stereocenters. The number of hydrogen-bond acceptors (Lipinski definition) is 2. The van der Waals surface area contributed by atoms with Crippen LogP contribution in [0.5, 0.6) is 0 Å². The highest BCUT2D eigenvalue weighted by molar-refractivity contribution is 4.79. The molecule has 0 spiro atoms. The lowest BCUT2D eigenvalue weighted by Gasteiger charge is -2.19. The van der Waals surface area contributed by atoms with Gasteiger partial charge in [0.25, 0.3) is 0 Å². The summed E-state index contributed by atoms with van der Waals surface area (Å²) in [6, 6.07) is -1.63. The summed E-state index contributed by atoms with van der Waals surface area (Å²) >= 11 is 0. The van der Waals surface area contributed by atoms with Gasteiger partial charge in [0.15, 0.2) is 0 Å². The van der Waals surface area contributed by atoms with Crippen LogP contribution >= 0.6 is 0 Å². The molecule has 0 bridgehead atoms. The molecule has 1 aliphatic rings. The van der Waals surface area contributed by atoms with Crippen LogP contribution in [0.2, 0.25) is 0 Å². The molecule has 10 heavy (non-hydrogen) atoms. The third kappa shape index (κ3) is 1.41. The molecule has 0 aliphatic carbocycles. The summed E-state index contributed by atoms with van der Waals surface area (Å²) in [4.78, 5) is 0. The number of hydrogen-bond donors (Lipinski definition) is 1. The molecule has 2 nitrogen and oxygen atoms in total. The lowest BCUT2D eigenvalue weighted by atomic mass is 10.2. The van der Waals surface area contributed by atoms with E-state index in [9.17, 15) is 13.2 Å². The Bertz CT molecular complexity index is 125. The molecule has 1 saturated heterocycles. The highest BCUT2D eigenvalue weighted by atomic mass is 19.4. The largest absolute Gasteiger partial charge is 0.406 e. The minimum Gasteiger partial charge on any atom is -0.313 e. The third-order valence-electron chi connectivity index (χ3n) is 1.60.